The van der Waals surface area contributed by atoms with Crippen molar-refractivity contribution in [1.29, 1.82) is 0 Å². The molecule has 0 aliphatic carbocycles. The molecule has 0 aliphatic heterocycles. The summed E-state index contributed by atoms with van der Waals surface area (Å²) in [6, 6.07) is 5.70. The van der Waals surface area contributed by atoms with Gasteiger partial charge in [-0.25, -0.2) is 9.59 Å². The molecule has 1 atom stereocenters. The highest BCUT2D eigenvalue weighted by molar-refractivity contribution is 5.92. The molecular formula is C14H19N3O3. The Labute approximate surface area is 118 Å². The Balaban J connectivity index is 2.68. The lowest BCUT2D eigenvalue weighted by Gasteiger charge is -2.16. The van der Waals surface area contributed by atoms with Crippen molar-refractivity contribution in [3.8, 4) is 0 Å². The van der Waals surface area contributed by atoms with Crippen molar-refractivity contribution in [3.63, 3.8) is 0 Å². The summed E-state index contributed by atoms with van der Waals surface area (Å²) in [5, 5.41) is 13.9. The molecule has 0 saturated carbocycles. The molecule has 0 heterocycles. The van der Waals surface area contributed by atoms with E-state index in [4.69, 9.17) is 5.11 Å². The number of anilines is 2. The monoisotopic (exact) mass is 277 g/mol. The van der Waals surface area contributed by atoms with Crippen molar-refractivity contribution >= 4 is 23.4 Å². The summed E-state index contributed by atoms with van der Waals surface area (Å²) in [7, 11) is 3.79. The first-order valence-corrected chi connectivity index (χ1v) is 6.12. The van der Waals surface area contributed by atoms with E-state index in [1.54, 1.807) is 12.1 Å². The Morgan fingerprint density at radius 1 is 1.45 bits per heavy atom. The molecule has 1 aromatic carbocycles. The van der Waals surface area contributed by atoms with Crippen LogP contribution in [0.1, 0.15) is 6.42 Å². The van der Waals surface area contributed by atoms with E-state index in [1.165, 1.54) is 6.08 Å². The number of rotatable bonds is 6. The molecule has 0 spiro atoms. The van der Waals surface area contributed by atoms with Crippen molar-refractivity contribution in [2.45, 2.75) is 12.5 Å². The summed E-state index contributed by atoms with van der Waals surface area (Å²) in [6.07, 6.45) is 1.62. The molecule has 0 fully saturated rings. The summed E-state index contributed by atoms with van der Waals surface area (Å²) in [5.74, 6) is -1.10. The van der Waals surface area contributed by atoms with Crippen molar-refractivity contribution in [1.82, 2.24) is 5.32 Å². The number of hydrogen-bond donors (Lipinski definition) is 3. The number of nitrogens with one attached hydrogen (secondary N) is 2. The lowest BCUT2D eigenvalue weighted by Crippen LogP contribution is -2.42. The predicted octanol–water partition coefficient (Wildman–Crippen LogP) is 1.90. The number of carboxylic acid groups (broad SMARTS) is 1. The zero-order valence-electron chi connectivity index (χ0n) is 11.6. The van der Waals surface area contributed by atoms with Crippen molar-refractivity contribution in [2.24, 2.45) is 0 Å². The minimum absolute atomic E-state index is 0.167. The molecule has 0 aliphatic rings. The van der Waals surface area contributed by atoms with Crippen molar-refractivity contribution in [3.05, 3.63) is 36.9 Å². The van der Waals surface area contributed by atoms with Gasteiger partial charge in [-0.1, -0.05) is 12.1 Å². The number of nitrogens with zero attached hydrogens (tertiary/aromatic N) is 1. The summed E-state index contributed by atoms with van der Waals surface area (Å²) in [6.45, 7) is 3.46. The average Bonchev–Trinajstić information content (AvgIpc) is 2.38. The molecule has 0 aromatic heterocycles. The molecular weight excluding hydrogens is 258 g/mol. The fourth-order valence-corrected chi connectivity index (χ4v) is 1.58. The van der Waals surface area contributed by atoms with Gasteiger partial charge in [0.2, 0.25) is 0 Å². The van der Waals surface area contributed by atoms with Crippen LogP contribution in [-0.4, -0.2) is 37.2 Å². The second-order valence-electron chi connectivity index (χ2n) is 4.46. The fraction of sp³-hybridized carbons (Fsp3) is 0.286. The number of carboxylic acids is 1. The van der Waals surface area contributed by atoms with Crippen LogP contribution in [0.4, 0.5) is 16.2 Å². The maximum atomic E-state index is 11.7. The summed E-state index contributed by atoms with van der Waals surface area (Å²) >= 11 is 0. The third kappa shape index (κ3) is 4.64. The van der Waals surface area contributed by atoms with Gasteiger partial charge in [0.1, 0.15) is 6.04 Å². The van der Waals surface area contributed by atoms with E-state index < -0.39 is 18.0 Å². The van der Waals surface area contributed by atoms with Gasteiger partial charge in [-0.15, -0.1) is 6.58 Å². The van der Waals surface area contributed by atoms with Gasteiger partial charge in [0.25, 0.3) is 0 Å². The Hall–Kier alpha value is -2.50. The molecule has 1 aromatic rings. The van der Waals surface area contributed by atoms with E-state index in [0.29, 0.717) is 5.69 Å². The van der Waals surface area contributed by atoms with Crippen molar-refractivity contribution in [2.75, 3.05) is 24.3 Å². The molecule has 0 saturated heterocycles. The molecule has 0 bridgehead atoms. The lowest BCUT2D eigenvalue weighted by atomic mass is 10.2. The third-order valence-electron chi connectivity index (χ3n) is 2.63. The highest BCUT2D eigenvalue weighted by atomic mass is 16.4. The average molecular weight is 277 g/mol. The Kier molecular flexibility index (Phi) is 5.58. The van der Waals surface area contributed by atoms with Crippen LogP contribution in [0.5, 0.6) is 0 Å². The molecule has 2 amide bonds. The topological polar surface area (TPSA) is 81.7 Å². The van der Waals surface area contributed by atoms with Gasteiger partial charge in [-0.2, -0.15) is 0 Å². The minimum Gasteiger partial charge on any atom is -0.480 e. The van der Waals surface area contributed by atoms with Crippen LogP contribution < -0.4 is 15.5 Å². The van der Waals surface area contributed by atoms with Crippen LogP contribution in [0, 0.1) is 0 Å². The van der Waals surface area contributed by atoms with Crippen LogP contribution in [0.15, 0.2) is 36.9 Å². The van der Waals surface area contributed by atoms with Gasteiger partial charge >= 0.3 is 12.0 Å². The van der Waals surface area contributed by atoms with Crippen LogP contribution in [0.3, 0.4) is 0 Å². The zero-order chi connectivity index (χ0) is 15.1. The first kappa shape index (κ1) is 15.6. The van der Waals surface area contributed by atoms with Gasteiger partial charge in [-0.3, -0.25) is 0 Å². The second kappa shape index (κ2) is 7.18. The first-order chi connectivity index (χ1) is 9.43. The van der Waals surface area contributed by atoms with E-state index in [9.17, 15) is 9.59 Å². The number of urea groups is 1. The fourth-order valence-electron chi connectivity index (χ4n) is 1.58. The number of benzene rings is 1. The SMILES string of the molecule is C=CCC(NC(=O)Nc1cccc(N(C)C)c1)C(=O)O. The highest BCUT2D eigenvalue weighted by Crippen LogP contribution is 2.17. The van der Waals surface area contributed by atoms with Gasteiger partial charge in [0.05, 0.1) is 0 Å². The van der Waals surface area contributed by atoms with Crippen LogP contribution in [0.2, 0.25) is 0 Å². The van der Waals surface area contributed by atoms with E-state index in [-0.39, 0.29) is 6.42 Å². The van der Waals surface area contributed by atoms with Gasteiger partial charge in [-0.05, 0) is 24.6 Å². The van der Waals surface area contributed by atoms with Gasteiger partial charge in [0.15, 0.2) is 0 Å². The zero-order valence-corrected chi connectivity index (χ0v) is 11.6. The second-order valence-corrected chi connectivity index (χ2v) is 4.46. The number of carbonyl (C=O) groups is 2. The number of hydrogen-bond acceptors (Lipinski definition) is 3. The molecule has 3 N–H and O–H groups in total. The van der Waals surface area contributed by atoms with Gasteiger partial charge < -0.3 is 20.6 Å². The van der Waals surface area contributed by atoms with Crippen LogP contribution in [0.25, 0.3) is 0 Å². The number of amides is 2. The summed E-state index contributed by atoms with van der Waals surface area (Å²) < 4.78 is 0. The summed E-state index contributed by atoms with van der Waals surface area (Å²) in [5.41, 5.74) is 1.53. The van der Waals surface area contributed by atoms with E-state index in [0.717, 1.165) is 5.69 Å². The molecule has 108 valence electrons. The number of aliphatic carboxylic acids is 1. The quantitative estimate of drug-likeness (QED) is 0.694. The standard InChI is InChI=1S/C14H19N3O3/c1-4-6-12(13(18)19)16-14(20)15-10-7-5-8-11(9-10)17(2)3/h4-5,7-9,12H,1,6H2,2-3H3,(H,18,19)(H2,15,16,20). The Bertz CT molecular complexity index is 500. The maximum Gasteiger partial charge on any atom is 0.326 e. The van der Waals surface area contributed by atoms with Crippen LogP contribution >= 0.6 is 0 Å². The molecule has 1 rings (SSSR count). The molecule has 0 radical (unpaired) electrons. The Morgan fingerprint density at radius 3 is 2.70 bits per heavy atom. The largest absolute Gasteiger partial charge is 0.480 e. The summed E-state index contributed by atoms with van der Waals surface area (Å²) in [4.78, 5) is 24.6. The normalized spacial score (nSPS) is 11.3. The first-order valence-electron chi connectivity index (χ1n) is 6.12. The van der Waals surface area contributed by atoms with Crippen LogP contribution in [-0.2, 0) is 4.79 Å². The smallest absolute Gasteiger partial charge is 0.326 e. The molecule has 1 unspecified atom stereocenters. The van der Waals surface area contributed by atoms with E-state index in [2.05, 4.69) is 17.2 Å². The molecule has 6 nitrogen and oxygen atoms in total. The maximum absolute atomic E-state index is 11.7. The third-order valence-corrected chi connectivity index (χ3v) is 2.63. The van der Waals surface area contributed by atoms with Gasteiger partial charge in [0, 0.05) is 25.5 Å². The van der Waals surface area contributed by atoms with E-state index >= 15 is 0 Å². The highest BCUT2D eigenvalue weighted by Gasteiger charge is 2.18. The predicted molar refractivity (Wildman–Crippen MR) is 79.2 cm³/mol. The Morgan fingerprint density at radius 2 is 2.15 bits per heavy atom. The lowest BCUT2D eigenvalue weighted by molar-refractivity contribution is -0.139. The minimum atomic E-state index is -1.10. The van der Waals surface area contributed by atoms with Crippen molar-refractivity contribution < 1.29 is 14.7 Å². The van der Waals surface area contributed by atoms with E-state index in [1.807, 2.05) is 31.1 Å². The molecule has 20 heavy (non-hydrogen) atoms. The molecule has 6 heteroatoms. The number of carbonyl (C=O) groups excluding carboxylic acids is 1.